The lowest BCUT2D eigenvalue weighted by Crippen LogP contribution is -2.54. The first-order chi connectivity index (χ1) is 19.6. The van der Waals surface area contributed by atoms with E-state index in [1.807, 2.05) is 57.2 Å². The van der Waals surface area contributed by atoms with Gasteiger partial charge in [0.25, 0.3) is 11.8 Å². The molecule has 8 rings (SSSR count). The fraction of sp³-hybridized carbons (Fsp3) is 0.382. The van der Waals surface area contributed by atoms with Crippen molar-refractivity contribution in [3.63, 3.8) is 0 Å². The van der Waals surface area contributed by atoms with E-state index in [9.17, 15) is 14.4 Å². The van der Waals surface area contributed by atoms with Gasteiger partial charge < -0.3 is 4.57 Å². The average molecular weight is 568 g/mol. The van der Waals surface area contributed by atoms with Crippen molar-refractivity contribution < 1.29 is 14.4 Å². The molecular formula is C34H34ClN3O3. The molecule has 41 heavy (non-hydrogen) atoms. The van der Waals surface area contributed by atoms with Gasteiger partial charge in [-0.1, -0.05) is 29.8 Å². The first-order valence-electron chi connectivity index (χ1n) is 14.6. The zero-order valence-corrected chi connectivity index (χ0v) is 24.4. The summed E-state index contributed by atoms with van der Waals surface area (Å²) in [4.78, 5) is 40.6. The van der Waals surface area contributed by atoms with Crippen LogP contribution in [0.15, 0.2) is 54.1 Å². The maximum absolute atomic E-state index is 13.7. The van der Waals surface area contributed by atoms with Gasteiger partial charge in [-0.05, 0) is 136 Å². The molecule has 1 N–H and O–H groups in total. The Balaban J connectivity index is 1.20. The number of hydrogen-bond acceptors (Lipinski definition) is 3. The molecule has 1 saturated heterocycles. The minimum Gasteiger partial charge on any atom is -0.318 e. The van der Waals surface area contributed by atoms with E-state index in [1.165, 1.54) is 44.1 Å². The fourth-order valence-corrected chi connectivity index (χ4v) is 8.77. The summed E-state index contributed by atoms with van der Waals surface area (Å²) in [7, 11) is 0. The summed E-state index contributed by atoms with van der Waals surface area (Å²) >= 11 is 6.29. The molecule has 210 valence electrons. The normalized spacial score (nSPS) is 28.1. The van der Waals surface area contributed by atoms with Crippen LogP contribution in [0.1, 0.15) is 66.6 Å². The molecule has 3 aromatic rings. The highest BCUT2D eigenvalue weighted by atomic mass is 35.5. The Morgan fingerprint density at radius 3 is 2.15 bits per heavy atom. The van der Waals surface area contributed by atoms with Crippen molar-refractivity contribution >= 4 is 41.2 Å². The minimum atomic E-state index is -0.722. The summed E-state index contributed by atoms with van der Waals surface area (Å²) in [5.41, 5.74) is 6.47. The molecule has 4 saturated carbocycles. The van der Waals surface area contributed by atoms with Gasteiger partial charge in [0, 0.05) is 22.1 Å². The number of amides is 4. The quantitative estimate of drug-likeness (QED) is 0.268. The van der Waals surface area contributed by atoms with E-state index in [4.69, 9.17) is 11.6 Å². The van der Waals surface area contributed by atoms with Gasteiger partial charge in [-0.2, -0.15) is 0 Å². The number of barbiturate groups is 1. The van der Waals surface area contributed by atoms with Gasteiger partial charge in [0.1, 0.15) is 5.57 Å². The van der Waals surface area contributed by atoms with Crippen molar-refractivity contribution in [2.45, 2.75) is 64.7 Å². The SMILES string of the molecule is Cc1ccc(Cl)cc1-n1c(C)cc(/C=C2\C(=O)NC(=O)N(c3ccc(C45CC6CC(CC(C6)C4)C5)cc3)C2=O)c1C. The third-order valence-electron chi connectivity index (χ3n) is 10.1. The van der Waals surface area contributed by atoms with Crippen LogP contribution in [-0.2, 0) is 15.0 Å². The molecule has 2 heterocycles. The highest BCUT2D eigenvalue weighted by molar-refractivity contribution is 6.39. The molecule has 4 aliphatic carbocycles. The highest BCUT2D eigenvalue weighted by Crippen LogP contribution is 2.60. The topological polar surface area (TPSA) is 71.4 Å². The Kier molecular flexibility index (Phi) is 6.06. The molecule has 1 aromatic heterocycles. The van der Waals surface area contributed by atoms with E-state index >= 15 is 0 Å². The standard InChI is InChI=1S/C34H34ClN3O3/c1-19-4-7-27(35)15-30(19)37-20(2)10-25(21(37)3)14-29-31(39)36-33(41)38(32(29)40)28-8-5-26(6-9-28)34-16-22-11-23(17-34)13-24(12-22)18-34/h4-10,14-15,22-24H,11-13,16-18H2,1-3H3,(H,36,39,41)/b29-14+. The lowest BCUT2D eigenvalue weighted by molar-refractivity contribution is -0.122. The number of rotatable bonds is 4. The molecule has 7 heteroatoms. The summed E-state index contributed by atoms with van der Waals surface area (Å²) in [5.74, 6) is 1.19. The van der Waals surface area contributed by atoms with Crippen LogP contribution in [0.25, 0.3) is 11.8 Å². The smallest absolute Gasteiger partial charge is 0.318 e. The predicted molar refractivity (Wildman–Crippen MR) is 160 cm³/mol. The first kappa shape index (κ1) is 26.3. The van der Waals surface area contributed by atoms with E-state index in [0.717, 1.165) is 50.9 Å². The van der Waals surface area contributed by atoms with E-state index in [2.05, 4.69) is 22.0 Å². The minimum absolute atomic E-state index is 0.0715. The summed E-state index contributed by atoms with van der Waals surface area (Å²) in [6, 6.07) is 14.9. The van der Waals surface area contributed by atoms with Gasteiger partial charge >= 0.3 is 6.03 Å². The molecule has 5 fully saturated rings. The second kappa shape index (κ2) is 9.45. The number of benzene rings is 2. The maximum atomic E-state index is 13.7. The number of hydrogen-bond donors (Lipinski definition) is 1. The van der Waals surface area contributed by atoms with Crippen molar-refractivity contribution in [1.29, 1.82) is 0 Å². The van der Waals surface area contributed by atoms with Crippen LogP contribution in [0.4, 0.5) is 10.5 Å². The zero-order valence-electron chi connectivity index (χ0n) is 23.7. The number of urea groups is 1. The van der Waals surface area contributed by atoms with Crippen LogP contribution < -0.4 is 10.2 Å². The molecule has 0 spiro atoms. The summed E-state index contributed by atoms with van der Waals surface area (Å²) in [6.45, 7) is 5.93. The number of aromatic nitrogens is 1. The van der Waals surface area contributed by atoms with Gasteiger partial charge in [0.05, 0.1) is 5.69 Å². The van der Waals surface area contributed by atoms with Gasteiger partial charge in [-0.25, -0.2) is 9.69 Å². The third-order valence-corrected chi connectivity index (χ3v) is 10.3. The molecular weight excluding hydrogens is 534 g/mol. The van der Waals surface area contributed by atoms with E-state index in [0.29, 0.717) is 10.7 Å². The summed E-state index contributed by atoms with van der Waals surface area (Å²) < 4.78 is 2.06. The lowest BCUT2D eigenvalue weighted by Gasteiger charge is -2.57. The number of anilines is 1. The van der Waals surface area contributed by atoms with Crippen molar-refractivity contribution in [2.75, 3.05) is 4.90 Å². The molecule has 0 atom stereocenters. The second-order valence-electron chi connectivity index (χ2n) is 12.8. The number of nitrogens with one attached hydrogen (secondary N) is 1. The number of nitrogens with zero attached hydrogens (tertiary/aromatic N) is 2. The van der Waals surface area contributed by atoms with Crippen LogP contribution in [0.2, 0.25) is 5.02 Å². The van der Waals surface area contributed by atoms with Crippen molar-refractivity contribution in [3.8, 4) is 5.69 Å². The number of carbonyl (C=O) groups excluding carboxylic acids is 3. The molecule has 1 aliphatic heterocycles. The Bertz CT molecular complexity index is 1610. The fourth-order valence-electron chi connectivity index (χ4n) is 8.60. The van der Waals surface area contributed by atoms with Crippen molar-refractivity contribution in [2.24, 2.45) is 17.8 Å². The maximum Gasteiger partial charge on any atom is 0.335 e. The van der Waals surface area contributed by atoms with Gasteiger partial charge in [-0.3, -0.25) is 14.9 Å². The molecule has 4 amide bonds. The molecule has 0 radical (unpaired) electrons. The monoisotopic (exact) mass is 567 g/mol. The molecule has 2 aromatic carbocycles. The first-order valence-corrected chi connectivity index (χ1v) is 15.0. The molecule has 4 bridgehead atoms. The largest absolute Gasteiger partial charge is 0.335 e. The predicted octanol–water partition coefficient (Wildman–Crippen LogP) is 7.19. The van der Waals surface area contributed by atoms with Crippen LogP contribution in [0, 0.1) is 38.5 Å². The van der Waals surface area contributed by atoms with Crippen LogP contribution in [-0.4, -0.2) is 22.4 Å². The number of imide groups is 2. The number of carbonyl (C=O) groups is 3. The van der Waals surface area contributed by atoms with Gasteiger partial charge in [0.2, 0.25) is 0 Å². The zero-order chi connectivity index (χ0) is 28.6. The summed E-state index contributed by atoms with van der Waals surface area (Å²) in [6.07, 6.45) is 9.46. The lowest BCUT2D eigenvalue weighted by atomic mass is 9.48. The third kappa shape index (κ3) is 4.26. The van der Waals surface area contributed by atoms with Crippen molar-refractivity contribution in [1.82, 2.24) is 9.88 Å². The van der Waals surface area contributed by atoms with E-state index in [1.54, 1.807) is 6.08 Å². The van der Waals surface area contributed by atoms with Crippen LogP contribution in [0.3, 0.4) is 0 Å². The second-order valence-corrected chi connectivity index (χ2v) is 13.2. The Labute approximate surface area is 245 Å². The molecule has 5 aliphatic rings. The Morgan fingerprint density at radius 2 is 1.51 bits per heavy atom. The van der Waals surface area contributed by atoms with E-state index in [-0.39, 0.29) is 11.0 Å². The average Bonchev–Trinajstić information content (AvgIpc) is 3.19. The molecule has 6 nitrogen and oxygen atoms in total. The number of halogens is 1. The molecule has 0 unspecified atom stereocenters. The highest BCUT2D eigenvalue weighted by Gasteiger charge is 2.51. The Hall–Kier alpha value is -3.64. The Morgan fingerprint density at radius 1 is 0.878 bits per heavy atom. The van der Waals surface area contributed by atoms with Crippen LogP contribution >= 0.6 is 11.6 Å². The number of aryl methyl sites for hydroxylation is 2. The van der Waals surface area contributed by atoms with Gasteiger partial charge in [0.15, 0.2) is 0 Å². The summed E-state index contributed by atoms with van der Waals surface area (Å²) in [5, 5.41) is 3.00. The van der Waals surface area contributed by atoms with E-state index < -0.39 is 17.8 Å². The van der Waals surface area contributed by atoms with Gasteiger partial charge in [-0.15, -0.1) is 0 Å². The van der Waals surface area contributed by atoms with Crippen LogP contribution in [0.5, 0.6) is 0 Å². The van der Waals surface area contributed by atoms with Crippen molar-refractivity contribution in [3.05, 3.63) is 87.2 Å².